The Balaban J connectivity index is 1.83. The Bertz CT molecular complexity index is 1010. The van der Waals surface area contributed by atoms with Crippen LogP contribution in [-0.2, 0) is 22.7 Å². The van der Waals surface area contributed by atoms with Gasteiger partial charge in [0.1, 0.15) is 11.1 Å². The summed E-state index contributed by atoms with van der Waals surface area (Å²) >= 11 is 1.47. The van der Waals surface area contributed by atoms with Crippen LogP contribution in [0.25, 0.3) is 0 Å². The third-order valence-electron chi connectivity index (χ3n) is 4.92. The quantitative estimate of drug-likeness (QED) is 0.831. The molecule has 5 nitrogen and oxygen atoms in total. The van der Waals surface area contributed by atoms with Crippen LogP contribution in [0.3, 0.4) is 0 Å². The van der Waals surface area contributed by atoms with E-state index in [1.54, 1.807) is 13.8 Å². The van der Waals surface area contributed by atoms with Crippen molar-refractivity contribution in [1.82, 2.24) is 0 Å². The number of anilines is 1. The molecule has 1 aromatic heterocycles. The van der Waals surface area contributed by atoms with Crippen molar-refractivity contribution in [1.29, 1.82) is 5.26 Å². The molecular weight excluding hydrogens is 380 g/mol. The van der Waals surface area contributed by atoms with Gasteiger partial charge in [-0.1, -0.05) is 6.92 Å². The minimum absolute atomic E-state index is 0.201. The monoisotopic (exact) mass is 402 g/mol. The van der Waals surface area contributed by atoms with Crippen molar-refractivity contribution in [3.8, 4) is 6.07 Å². The van der Waals surface area contributed by atoms with Crippen molar-refractivity contribution in [2.45, 2.75) is 50.2 Å². The summed E-state index contributed by atoms with van der Waals surface area (Å²) in [5.41, 5.74) is 1.99. The van der Waals surface area contributed by atoms with E-state index in [2.05, 4.69) is 18.3 Å². The van der Waals surface area contributed by atoms with E-state index in [0.717, 1.165) is 24.8 Å². The fourth-order valence-corrected chi connectivity index (χ4v) is 5.62. The molecule has 2 aromatic rings. The fourth-order valence-electron chi connectivity index (χ4n) is 3.20. The lowest BCUT2D eigenvalue weighted by Gasteiger charge is -2.17. The van der Waals surface area contributed by atoms with Gasteiger partial charge in [0.05, 0.1) is 15.7 Å². The number of hydrogen-bond donors (Lipinski definition) is 1. The second-order valence-electron chi connectivity index (χ2n) is 7.24. The lowest BCUT2D eigenvalue weighted by Crippen LogP contribution is -2.15. The molecule has 1 amide bonds. The Morgan fingerprint density at radius 2 is 1.96 bits per heavy atom. The smallest absolute Gasteiger partial charge is 0.256 e. The molecule has 7 heteroatoms. The maximum Gasteiger partial charge on any atom is 0.256 e. The molecule has 1 aliphatic rings. The topological polar surface area (TPSA) is 87.0 Å². The number of hydrogen-bond acceptors (Lipinski definition) is 5. The van der Waals surface area contributed by atoms with E-state index in [-0.39, 0.29) is 10.8 Å². The number of nitrogens with zero attached hydrogens (tertiary/aromatic N) is 1. The highest BCUT2D eigenvalue weighted by molar-refractivity contribution is 7.92. The second kappa shape index (κ2) is 7.45. The molecule has 0 saturated carbocycles. The van der Waals surface area contributed by atoms with Crippen LogP contribution in [0.15, 0.2) is 29.2 Å². The van der Waals surface area contributed by atoms with E-state index in [4.69, 9.17) is 0 Å². The number of benzene rings is 1. The lowest BCUT2D eigenvalue weighted by molar-refractivity contribution is 0.102. The van der Waals surface area contributed by atoms with Gasteiger partial charge >= 0.3 is 0 Å². The summed E-state index contributed by atoms with van der Waals surface area (Å²) in [4.78, 5) is 14.0. The summed E-state index contributed by atoms with van der Waals surface area (Å²) < 4.78 is 24.4. The van der Waals surface area contributed by atoms with Crippen LogP contribution in [0.5, 0.6) is 0 Å². The molecular formula is C20H22N2O3S2. The van der Waals surface area contributed by atoms with Crippen LogP contribution < -0.4 is 5.32 Å². The molecule has 1 atom stereocenters. The third-order valence-corrected chi connectivity index (χ3v) is 8.26. The van der Waals surface area contributed by atoms with Crippen LogP contribution in [-0.4, -0.2) is 19.6 Å². The van der Waals surface area contributed by atoms with Crippen molar-refractivity contribution in [3.63, 3.8) is 0 Å². The average molecular weight is 403 g/mol. The van der Waals surface area contributed by atoms with E-state index in [1.165, 1.54) is 40.5 Å². The molecule has 0 aliphatic heterocycles. The SMILES string of the molecule is CC(C)S(=O)(=O)c1ccc(C(=O)Nc2sc3c(c2C#N)CC[C@@H](C)C3)cc1. The van der Waals surface area contributed by atoms with E-state index < -0.39 is 15.1 Å². The zero-order chi connectivity index (χ0) is 19.8. The van der Waals surface area contributed by atoms with Crippen molar-refractivity contribution in [3.05, 3.63) is 45.8 Å². The Hall–Kier alpha value is -2.17. The number of carbonyl (C=O) groups is 1. The second-order valence-corrected chi connectivity index (χ2v) is 10.8. The molecule has 1 aromatic carbocycles. The van der Waals surface area contributed by atoms with E-state index in [1.807, 2.05) is 0 Å². The Morgan fingerprint density at radius 3 is 2.56 bits per heavy atom. The van der Waals surface area contributed by atoms with Gasteiger partial charge in [-0.15, -0.1) is 11.3 Å². The number of rotatable bonds is 4. The number of nitriles is 1. The first-order valence-electron chi connectivity index (χ1n) is 8.94. The van der Waals surface area contributed by atoms with Crippen molar-refractivity contribution >= 4 is 32.1 Å². The van der Waals surface area contributed by atoms with Gasteiger partial charge in [-0.3, -0.25) is 4.79 Å². The summed E-state index contributed by atoms with van der Waals surface area (Å²) in [5, 5.41) is 12.4. The van der Waals surface area contributed by atoms with Crippen molar-refractivity contribution in [2.24, 2.45) is 5.92 Å². The maximum atomic E-state index is 12.6. The molecule has 0 spiro atoms. The zero-order valence-electron chi connectivity index (χ0n) is 15.6. The van der Waals surface area contributed by atoms with Crippen LogP contribution in [0, 0.1) is 17.2 Å². The van der Waals surface area contributed by atoms with E-state index >= 15 is 0 Å². The summed E-state index contributed by atoms with van der Waals surface area (Å²) in [5.74, 6) is 0.244. The first kappa shape index (κ1) is 19.6. The average Bonchev–Trinajstić information content (AvgIpc) is 2.97. The summed E-state index contributed by atoms with van der Waals surface area (Å²) in [6.45, 7) is 5.44. The number of sulfone groups is 1. The van der Waals surface area contributed by atoms with Gasteiger partial charge in [-0.05, 0) is 68.9 Å². The summed E-state index contributed by atoms with van der Waals surface area (Å²) in [6.07, 6.45) is 2.86. The lowest BCUT2D eigenvalue weighted by atomic mass is 9.88. The predicted octanol–water partition coefficient (Wildman–Crippen LogP) is 4.18. The fraction of sp³-hybridized carbons (Fsp3) is 0.400. The molecule has 27 heavy (non-hydrogen) atoms. The molecule has 142 valence electrons. The highest BCUT2D eigenvalue weighted by Crippen LogP contribution is 2.39. The predicted molar refractivity (Wildman–Crippen MR) is 107 cm³/mol. The Labute approximate surface area is 164 Å². The Kier molecular flexibility index (Phi) is 5.41. The minimum atomic E-state index is -3.37. The van der Waals surface area contributed by atoms with Gasteiger partial charge in [0.15, 0.2) is 9.84 Å². The van der Waals surface area contributed by atoms with Crippen molar-refractivity contribution in [2.75, 3.05) is 5.32 Å². The molecule has 3 rings (SSSR count). The first-order valence-corrected chi connectivity index (χ1v) is 11.3. The van der Waals surface area contributed by atoms with Gasteiger partial charge in [0.25, 0.3) is 5.91 Å². The van der Waals surface area contributed by atoms with Gasteiger partial charge in [-0.25, -0.2) is 8.42 Å². The Morgan fingerprint density at radius 1 is 1.30 bits per heavy atom. The standard InChI is InChI=1S/C20H22N2O3S2/c1-12(2)27(24,25)15-7-5-14(6-8-15)19(23)22-20-17(11-21)16-9-4-13(3)10-18(16)26-20/h5-8,12-13H,4,9-10H2,1-3H3,(H,22,23)/t13-/m1/s1. The van der Waals surface area contributed by atoms with Gasteiger partial charge in [-0.2, -0.15) is 5.26 Å². The maximum absolute atomic E-state index is 12.6. The molecule has 1 N–H and O–H groups in total. The molecule has 0 unspecified atom stereocenters. The molecule has 1 aliphatic carbocycles. The van der Waals surface area contributed by atoms with Gasteiger partial charge < -0.3 is 5.32 Å². The highest BCUT2D eigenvalue weighted by atomic mass is 32.2. The summed E-state index contributed by atoms with van der Waals surface area (Å²) in [7, 11) is -3.37. The number of carbonyl (C=O) groups excluding carboxylic acids is 1. The molecule has 0 radical (unpaired) electrons. The normalized spacial score (nSPS) is 16.6. The number of fused-ring (bicyclic) bond motifs is 1. The number of amides is 1. The molecule has 0 bridgehead atoms. The van der Waals surface area contributed by atoms with Crippen LogP contribution in [0.2, 0.25) is 0 Å². The summed E-state index contributed by atoms with van der Waals surface area (Å²) in [6, 6.07) is 8.16. The number of nitrogens with one attached hydrogen (secondary N) is 1. The first-order chi connectivity index (χ1) is 12.7. The molecule has 1 heterocycles. The zero-order valence-corrected chi connectivity index (χ0v) is 17.2. The van der Waals surface area contributed by atoms with Crippen molar-refractivity contribution < 1.29 is 13.2 Å². The molecule has 0 fully saturated rings. The third kappa shape index (κ3) is 3.78. The van der Waals surface area contributed by atoms with Gasteiger partial charge in [0.2, 0.25) is 0 Å². The van der Waals surface area contributed by atoms with E-state index in [9.17, 15) is 18.5 Å². The van der Waals surface area contributed by atoms with Crippen LogP contribution >= 0.6 is 11.3 Å². The van der Waals surface area contributed by atoms with Crippen LogP contribution in [0.1, 0.15) is 53.6 Å². The molecule has 0 saturated heterocycles. The highest BCUT2D eigenvalue weighted by Gasteiger charge is 2.25. The van der Waals surface area contributed by atoms with Crippen LogP contribution in [0.4, 0.5) is 5.00 Å². The van der Waals surface area contributed by atoms with E-state index in [0.29, 0.717) is 22.0 Å². The van der Waals surface area contributed by atoms with Gasteiger partial charge in [0, 0.05) is 10.4 Å². The number of thiophene rings is 1. The largest absolute Gasteiger partial charge is 0.312 e. The minimum Gasteiger partial charge on any atom is -0.312 e.